The van der Waals surface area contributed by atoms with Gasteiger partial charge in [-0.25, -0.2) is 17.8 Å². The van der Waals surface area contributed by atoms with Crippen molar-refractivity contribution in [2.75, 3.05) is 17.2 Å². The lowest BCUT2D eigenvalue weighted by atomic mass is 10.0. The van der Waals surface area contributed by atoms with Crippen LogP contribution in [0.4, 0.5) is 10.3 Å². The van der Waals surface area contributed by atoms with Gasteiger partial charge in [0.05, 0.1) is 22.6 Å². The fourth-order valence-electron chi connectivity index (χ4n) is 2.82. The topological polar surface area (TPSA) is 78.0 Å². The zero-order valence-corrected chi connectivity index (χ0v) is 11.2. The minimum Gasteiger partial charge on any atom is -0.369 e. The van der Waals surface area contributed by atoms with Crippen molar-refractivity contribution >= 4 is 26.8 Å². The number of hydrogen-bond donors (Lipinski definition) is 1. The third-order valence-corrected chi connectivity index (χ3v) is 5.57. The molecular formula is C12H14FN3O2S. The summed E-state index contributed by atoms with van der Waals surface area (Å²) in [6.45, 7) is 1.82. The lowest BCUT2D eigenvalue weighted by Gasteiger charge is -2.26. The van der Waals surface area contributed by atoms with Crippen molar-refractivity contribution in [1.29, 1.82) is 0 Å². The number of anilines is 1. The maximum absolute atomic E-state index is 13.7. The van der Waals surface area contributed by atoms with Gasteiger partial charge >= 0.3 is 0 Å². The van der Waals surface area contributed by atoms with Crippen LogP contribution in [-0.2, 0) is 15.4 Å². The molecule has 0 bridgehead atoms. The number of halogens is 1. The van der Waals surface area contributed by atoms with Gasteiger partial charge in [0.25, 0.3) is 0 Å². The monoisotopic (exact) mass is 283 g/mol. The summed E-state index contributed by atoms with van der Waals surface area (Å²) in [6, 6.07) is 4.59. The Morgan fingerprint density at radius 1 is 1.47 bits per heavy atom. The number of imidazole rings is 1. The zero-order valence-electron chi connectivity index (χ0n) is 10.4. The molecule has 2 heterocycles. The zero-order chi connectivity index (χ0) is 13.8. The predicted molar refractivity (Wildman–Crippen MR) is 71.0 cm³/mol. The third-order valence-electron chi connectivity index (χ3n) is 3.68. The summed E-state index contributed by atoms with van der Waals surface area (Å²) in [5, 5.41) is 0. The van der Waals surface area contributed by atoms with Gasteiger partial charge in [-0.1, -0.05) is 6.07 Å². The molecule has 0 aliphatic carbocycles. The lowest BCUT2D eigenvalue weighted by molar-refractivity contribution is 0.381. The van der Waals surface area contributed by atoms with Crippen LogP contribution in [0.2, 0.25) is 0 Å². The number of aromatic nitrogens is 2. The van der Waals surface area contributed by atoms with Crippen molar-refractivity contribution in [3.63, 3.8) is 0 Å². The fourth-order valence-corrected chi connectivity index (χ4v) is 4.94. The van der Waals surface area contributed by atoms with Gasteiger partial charge < -0.3 is 10.3 Å². The van der Waals surface area contributed by atoms with E-state index in [9.17, 15) is 12.8 Å². The smallest absolute Gasteiger partial charge is 0.201 e. The summed E-state index contributed by atoms with van der Waals surface area (Å²) in [6.07, 6.45) is 0.460. The first-order chi connectivity index (χ1) is 8.82. The quantitative estimate of drug-likeness (QED) is 0.855. The van der Waals surface area contributed by atoms with Gasteiger partial charge in [0.15, 0.2) is 15.7 Å². The first-order valence-corrected chi connectivity index (χ1v) is 7.78. The molecule has 1 aromatic carbocycles. The molecule has 1 atom stereocenters. The van der Waals surface area contributed by atoms with E-state index >= 15 is 0 Å². The van der Waals surface area contributed by atoms with E-state index in [2.05, 4.69) is 4.98 Å². The number of para-hydroxylation sites is 1. The Labute approximate surface area is 110 Å². The van der Waals surface area contributed by atoms with Gasteiger partial charge in [0.2, 0.25) is 5.95 Å². The lowest BCUT2D eigenvalue weighted by Crippen LogP contribution is -2.32. The molecule has 2 N–H and O–H groups in total. The molecule has 102 valence electrons. The summed E-state index contributed by atoms with van der Waals surface area (Å²) >= 11 is 0. The van der Waals surface area contributed by atoms with Crippen LogP contribution in [0.1, 0.15) is 13.3 Å². The van der Waals surface area contributed by atoms with Crippen molar-refractivity contribution < 1.29 is 12.8 Å². The SMILES string of the molecule is CC1(n2c(N)nc3c(F)cccc32)CCS(=O)(=O)C1. The number of nitrogen functional groups attached to an aromatic ring is 1. The molecule has 0 amide bonds. The highest BCUT2D eigenvalue weighted by molar-refractivity contribution is 7.91. The Balaban J connectivity index is 2.27. The van der Waals surface area contributed by atoms with Crippen LogP contribution in [0, 0.1) is 5.82 Å². The number of fused-ring (bicyclic) bond motifs is 1. The molecule has 0 radical (unpaired) electrons. The van der Waals surface area contributed by atoms with Crippen LogP contribution in [0.5, 0.6) is 0 Å². The molecule has 0 spiro atoms. The van der Waals surface area contributed by atoms with Crippen LogP contribution in [0.25, 0.3) is 11.0 Å². The number of rotatable bonds is 1. The summed E-state index contributed by atoms with van der Waals surface area (Å²) in [7, 11) is -3.07. The molecular weight excluding hydrogens is 269 g/mol. The van der Waals surface area contributed by atoms with E-state index < -0.39 is 21.2 Å². The molecule has 1 unspecified atom stereocenters. The van der Waals surface area contributed by atoms with Gasteiger partial charge in [-0.3, -0.25) is 0 Å². The van der Waals surface area contributed by atoms with Crippen LogP contribution in [-0.4, -0.2) is 29.5 Å². The summed E-state index contributed by atoms with van der Waals surface area (Å²) in [4.78, 5) is 4.02. The molecule has 2 aromatic rings. The predicted octanol–water partition coefficient (Wildman–Crippen LogP) is 1.29. The van der Waals surface area contributed by atoms with Gasteiger partial charge in [-0.05, 0) is 25.5 Å². The van der Waals surface area contributed by atoms with E-state index in [1.165, 1.54) is 6.07 Å². The highest BCUT2D eigenvalue weighted by Gasteiger charge is 2.41. The average molecular weight is 283 g/mol. The molecule has 1 aliphatic rings. The van der Waals surface area contributed by atoms with Crippen molar-refractivity contribution in [3.05, 3.63) is 24.0 Å². The first kappa shape index (κ1) is 12.4. The van der Waals surface area contributed by atoms with Gasteiger partial charge in [-0.15, -0.1) is 0 Å². The molecule has 1 aliphatic heterocycles. The van der Waals surface area contributed by atoms with Crippen molar-refractivity contribution in [1.82, 2.24) is 9.55 Å². The number of nitrogens with zero attached hydrogens (tertiary/aromatic N) is 2. The number of hydrogen-bond acceptors (Lipinski definition) is 4. The van der Waals surface area contributed by atoms with Gasteiger partial charge in [0, 0.05) is 0 Å². The molecule has 0 saturated carbocycles. The van der Waals surface area contributed by atoms with E-state index in [0.717, 1.165) is 0 Å². The minimum absolute atomic E-state index is 0.00612. The summed E-state index contributed by atoms with van der Waals surface area (Å²) in [5.74, 6) is -0.170. The molecule has 1 aromatic heterocycles. The van der Waals surface area contributed by atoms with Crippen molar-refractivity contribution in [2.45, 2.75) is 18.9 Å². The van der Waals surface area contributed by atoms with Gasteiger partial charge in [0.1, 0.15) is 5.52 Å². The Hall–Kier alpha value is -1.63. The molecule has 3 rings (SSSR count). The largest absolute Gasteiger partial charge is 0.369 e. The summed E-state index contributed by atoms with van der Waals surface area (Å²) < 4.78 is 38.8. The second-order valence-corrected chi connectivity index (χ2v) is 7.44. The van der Waals surface area contributed by atoms with Crippen LogP contribution in [0.15, 0.2) is 18.2 Å². The molecule has 5 nitrogen and oxygen atoms in total. The average Bonchev–Trinajstić information content (AvgIpc) is 2.77. The third kappa shape index (κ3) is 1.80. The molecule has 1 fully saturated rings. The second kappa shape index (κ2) is 3.69. The van der Waals surface area contributed by atoms with Crippen LogP contribution in [0.3, 0.4) is 0 Å². The van der Waals surface area contributed by atoms with E-state index in [1.807, 2.05) is 6.92 Å². The standard InChI is InChI=1S/C12H14FN3O2S/c1-12(5-6-19(17,18)7-12)16-9-4-2-3-8(13)10(9)15-11(16)14/h2-4H,5-7H2,1H3,(H2,14,15). The Bertz CT molecular complexity index is 769. The van der Waals surface area contributed by atoms with Crippen molar-refractivity contribution in [3.8, 4) is 0 Å². The highest BCUT2D eigenvalue weighted by atomic mass is 32.2. The normalized spacial score (nSPS) is 26.0. The Morgan fingerprint density at radius 2 is 2.21 bits per heavy atom. The Morgan fingerprint density at radius 3 is 2.84 bits per heavy atom. The number of benzene rings is 1. The fraction of sp³-hybridized carbons (Fsp3) is 0.417. The van der Waals surface area contributed by atoms with E-state index in [0.29, 0.717) is 11.9 Å². The summed E-state index contributed by atoms with van der Waals surface area (Å²) in [5.41, 5.74) is 5.93. The highest BCUT2D eigenvalue weighted by Crippen LogP contribution is 2.36. The van der Waals surface area contributed by atoms with E-state index in [4.69, 9.17) is 5.73 Å². The molecule has 1 saturated heterocycles. The van der Waals surface area contributed by atoms with Crippen LogP contribution >= 0.6 is 0 Å². The van der Waals surface area contributed by atoms with Crippen LogP contribution < -0.4 is 5.73 Å². The number of nitrogens with two attached hydrogens (primary N) is 1. The molecule has 7 heteroatoms. The van der Waals surface area contributed by atoms with E-state index in [1.54, 1.807) is 16.7 Å². The Kier molecular flexibility index (Phi) is 2.41. The van der Waals surface area contributed by atoms with Crippen molar-refractivity contribution in [2.24, 2.45) is 0 Å². The maximum Gasteiger partial charge on any atom is 0.201 e. The molecule has 19 heavy (non-hydrogen) atoms. The number of sulfone groups is 1. The minimum atomic E-state index is -3.07. The first-order valence-electron chi connectivity index (χ1n) is 5.96. The van der Waals surface area contributed by atoms with Gasteiger partial charge in [-0.2, -0.15) is 0 Å². The van der Waals surface area contributed by atoms with E-state index in [-0.39, 0.29) is 23.0 Å². The maximum atomic E-state index is 13.7. The second-order valence-electron chi connectivity index (χ2n) is 5.25.